The van der Waals surface area contributed by atoms with Crippen LogP contribution in [0.25, 0.3) is 10.4 Å². The lowest BCUT2D eigenvalue weighted by Gasteiger charge is -2.22. The summed E-state index contributed by atoms with van der Waals surface area (Å²) in [6.45, 7) is 2.16. The Morgan fingerprint density at radius 1 is 1.16 bits per heavy atom. The van der Waals surface area contributed by atoms with Crippen LogP contribution in [0.5, 0.6) is 5.75 Å². The van der Waals surface area contributed by atoms with Crippen molar-refractivity contribution in [2.24, 2.45) is 0 Å². The predicted molar refractivity (Wildman–Crippen MR) is 125 cm³/mol. The van der Waals surface area contributed by atoms with Crippen LogP contribution in [-0.4, -0.2) is 23.0 Å². The van der Waals surface area contributed by atoms with Crippen molar-refractivity contribution in [3.05, 3.63) is 94.1 Å². The summed E-state index contributed by atoms with van der Waals surface area (Å²) in [4.78, 5) is 24.5. The van der Waals surface area contributed by atoms with Gasteiger partial charge in [0, 0.05) is 9.75 Å². The molecule has 8 heteroatoms. The van der Waals surface area contributed by atoms with E-state index in [4.69, 9.17) is 16.3 Å². The minimum atomic E-state index is -0.501. The summed E-state index contributed by atoms with van der Waals surface area (Å²) in [6, 6.07) is 16.0. The van der Waals surface area contributed by atoms with E-state index in [-0.39, 0.29) is 23.1 Å². The number of carbonyl (C=O) groups excluding carboxylic acids is 1. The molecule has 162 valence electrons. The van der Waals surface area contributed by atoms with Crippen LogP contribution < -0.4 is 9.64 Å². The highest BCUT2D eigenvalue weighted by Crippen LogP contribution is 2.33. The van der Waals surface area contributed by atoms with Crippen LogP contribution in [0.15, 0.2) is 67.0 Å². The lowest BCUT2D eigenvalue weighted by molar-refractivity contribution is 0.0979. The van der Waals surface area contributed by atoms with E-state index in [0.717, 1.165) is 26.6 Å². The third-order valence-corrected chi connectivity index (χ3v) is 6.17. The second kappa shape index (κ2) is 9.46. The van der Waals surface area contributed by atoms with Crippen LogP contribution in [0, 0.1) is 12.7 Å². The van der Waals surface area contributed by atoms with Crippen molar-refractivity contribution in [3.63, 3.8) is 0 Å². The molecule has 0 saturated carbocycles. The Hall–Kier alpha value is -3.29. The van der Waals surface area contributed by atoms with Gasteiger partial charge in [0.15, 0.2) is 0 Å². The molecule has 0 saturated heterocycles. The van der Waals surface area contributed by atoms with Crippen molar-refractivity contribution in [1.29, 1.82) is 0 Å². The summed E-state index contributed by atoms with van der Waals surface area (Å²) >= 11 is 7.44. The number of para-hydroxylation sites is 1. The average molecular weight is 468 g/mol. The number of aryl methyl sites for hydroxylation is 1. The highest BCUT2D eigenvalue weighted by molar-refractivity contribution is 7.15. The fraction of sp³-hybridized carbons (Fsp3) is 0.125. The Morgan fingerprint density at radius 3 is 2.69 bits per heavy atom. The zero-order valence-electron chi connectivity index (χ0n) is 17.4. The number of thiophene rings is 1. The van der Waals surface area contributed by atoms with Crippen LogP contribution in [0.4, 0.5) is 10.1 Å². The maximum Gasteiger partial charge on any atom is 0.278 e. The second-order valence-electron chi connectivity index (χ2n) is 7.02. The molecule has 0 atom stereocenters. The molecule has 0 unspecified atom stereocenters. The number of anilines is 1. The van der Waals surface area contributed by atoms with Crippen molar-refractivity contribution in [2.75, 3.05) is 12.0 Å². The molecular formula is C24H19ClFN3O2S. The van der Waals surface area contributed by atoms with Gasteiger partial charge in [-0.25, -0.2) is 9.37 Å². The first-order valence-electron chi connectivity index (χ1n) is 9.74. The normalized spacial score (nSPS) is 10.8. The smallest absolute Gasteiger partial charge is 0.278 e. The Labute approximate surface area is 194 Å². The zero-order chi connectivity index (χ0) is 22.7. The molecule has 4 aromatic rings. The van der Waals surface area contributed by atoms with E-state index in [0.29, 0.717) is 0 Å². The molecule has 1 amide bonds. The molecule has 5 nitrogen and oxygen atoms in total. The third-order valence-electron chi connectivity index (χ3n) is 4.87. The molecule has 2 aromatic carbocycles. The summed E-state index contributed by atoms with van der Waals surface area (Å²) in [5.41, 5.74) is 2.28. The molecule has 0 aliphatic heterocycles. The maximum absolute atomic E-state index is 14.6. The Morgan fingerprint density at radius 2 is 1.97 bits per heavy atom. The number of aromatic nitrogens is 2. The van der Waals surface area contributed by atoms with Gasteiger partial charge in [0.1, 0.15) is 22.4 Å². The fourth-order valence-electron chi connectivity index (χ4n) is 3.33. The van der Waals surface area contributed by atoms with E-state index in [1.54, 1.807) is 25.3 Å². The Balaban J connectivity index is 1.67. The van der Waals surface area contributed by atoms with Gasteiger partial charge in [-0.3, -0.25) is 14.7 Å². The van der Waals surface area contributed by atoms with Crippen LogP contribution in [0.3, 0.4) is 0 Å². The van der Waals surface area contributed by atoms with Crippen LogP contribution >= 0.6 is 22.9 Å². The number of nitrogens with zero attached hydrogens (tertiary/aromatic N) is 3. The number of ether oxygens (including phenoxy) is 1. The minimum Gasteiger partial charge on any atom is -0.496 e. The van der Waals surface area contributed by atoms with Gasteiger partial charge in [0.25, 0.3) is 5.91 Å². The lowest BCUT2D eigenvalue weighted by Crippen LogP contribution is -2.31. The largest absolute Gasteiger partial charge is 0.496 e. The molecule has 0 bridgehead atoms. The molecular weight excluding hydrogens is 449 g/mol. The van der Waals surface area contributed by atoms with Crippen molar-refractivity contribution < 1.29 is 13.9 Å². The molecule has 4 rings (SSSR count). The highest BCUT2D eigenvalue weighted by atomic mass is 35.5. The quantitative estimate of drug-likeness (QED) is 0.340. The average Bonchev–Trinajstić information content (AvgIpc) is 3.26. The van der Waals surface area contributed by atoms with Gasteiger partial charge >= 0.3 is 0 Å². The van der Waals surface area contributed by atoms with Crippen LogP contribution in [-0.2, 0) is 6.54 Å². The predicted octanol–water partition coefficient (Wildman–Crippen LogP) is 6.16. The van der Waals surface area contributed by atoms with E-state index >= 15 is 0 Å². The Kier molecular flexibility index (Phi) is 6.48. The third kappa shape index (κ3) is 4.64. The van der Waals surface area contributed by atoms with E-state index < -0.39 is 11.7 Å². The van der Waals surface area contributed by atoms with Gasteiger partial charge in [0.05, 0.1) is 31.7 Å². The van der Waals surface area contributed by atoms with E-state index in [1.807, 2.05) is 31.2 Å². The lowest BCUT2D eigenvalue weighted by atomic mass is 10.1. The van der Waals surface area contributed by atoms with Crippen molar-refractivity contribution in [2.45, 2.75) is 13.5 Å². The number of amides is 1. The van der Waals surface area contributed by atoms with Crippen LogP contribution in [0.2, 0.25) is 5.15 Å². The van der Waals surface area contributed by atoms with E-state index in [9.17, 15) is 9.18 Å². The highest BCUT2D eigenvalue weighted by Gasteiger charge is 2.23. The van der Waals surface area contributed by atoms with E-state index in [1.165, 1.54) is 34.7 Å². The molecule has 0 fully saturated rings. The molecule has 2 heterocycles. The first kappa shape index (κ1) is 21.9. The first-order valence-corrected chi connectivity index (χ1v) is 10.9. The number of halogens is 2. The number of benzene rings is 2. The molecule has 0 N–H and O–H groups in total. The zero-order valence-corrected chi connectivity index (χ0v) is 19.0. The maximum atomic E-state index is 14.6. The van der Waals surface area contributed by atoms with Gasteiger partial charge < -0.3 is 4.74 Å². The van der Waals surface area contributed by atoms with Crippen molar-refractivity contribution in [3.8, 4) is 16.2 Å². The summed E-state index contributed by atoms with van der Waals surface area (Å²) < 4.78 is 20.0. The van der Waals surface area contributed by atoms with Gasteiger partial charge in [-0.05, 0) is 60.5 Å². The summed E-state index contributed by atoms with van der Waals surface area (Å²) in [7, 11) is 1.64. The van der Waals surface area contributed by atoms with Crippen LogP contribution in [0.1, 0.15) is 20.9 Å². The molecule has 32 heavy (non-hydrogen) atoms. The SMILES string of the molecule is COc1ccc(-c2ccc(CN(C(=O)c3cncc(Cl)n3)c3ccccc3F)s2)cc1C. The number of carbonyl (C=O) groups is 1. The number of methoxy groups -OCH3 is 1. The van der Waals surface area contributed by atoms with Crippen molar-refractivity contribution in [1.82, 2.24) is 9.97 Å². The molecule has 0 spiro atoms. The first-order chi connectivity index (χ1) is 15.5. The molecule has 0 radical (unpaired) electrons. The number of rotatable bonds is 6. The van der Waals surface area contributed by atoms with E-state index in [2.05, 4.69) is 16.0 Å². The number of hydrogen-bond donors (Lipinski definition) is 0. The standard InChI is InChI=1S/C24H19ClFN3O2S/c1-15-11-16(7-9-21(15)31-2)22-10-8-17(32-22)14-29(20-6-4-3-5-18(20)26)24(30)19-12-27-13-23(25)28-19/h3-13H,14H2,1-2H3. The summed E-state index contributed by atoms with van der Waals surface area (Å²) in [6.07, 6.45) is 2.66. The van der Waals surface area contributed by atoms with Gasteiger partial charge in [0.2, 0.25) is 0 Å². The van der Waals surface area contributed by atoms with Gasteiger partial charge in [-0.1, -0.05) is 23.7 Å². The summed E-state index contributed by atoms with van der Waals surface area (Å²) in [5, 5.41) is 0.0950. The van der Waals surface area contributed by atoms with Crippen molar-refractivity contribution >= 4 is 34.5 Å². The van der Waals surface area contributed by atoms with Gasteiger partial charge in [-0.2, -0.15) is 0 Å². The minimum absolute atomic E-state index is 0.0447. The monoisotopic (exact) mass is 467 g/mol. The fourth-order valence-corrected chi connectivity index (χ4v) is 4.47. The Bertz CT molecular complexity index is 1280. The number of hydrogen-bond acceptors (Lipinski definition) is 5. The molecule has 0 aliphatic carbocycles. The second-order valence-corrected chi connectivity index (χ2v) is 8.58. The molecule has 0 aliphatic rings. The summed E-state index contributed by atoms with van der Waals surface area (Å²) in [5.74, 6) is -0.164. The topological polar surface area (TPSA) is 55.3 Å². The van der Waals surface area contributed by atoms with Gasteiger partial charge in [-0.15, -0.1) is 11.3 Å². The molecule has 2 aromatic heterocycles.